The van der Waals surface area contributed by atoms with Crippen LogP contribution in [0, 0.1) is 0 Å². The number of hydrogen-bond donors (Lipinski definition) is 2. The number of halogens is 3. The number of carbonyl (C=O) groups is 1. The standard InChI is InChI=1S/C19H21F3N2OS/c20-19(21,22)15-6-3-5-14(11-15)12-18(25)23-13-16(17-7-4-10-26-17)24-8-1-2-9-24/h3-7,10-11,16H,1-2,8-9,12-13H2,(H,23,25)/p+1/t16-/m1/s1. The second-order valence-corrected chi connectivity index (χ2v) is 7.59. The van der Waals surface area contributed by atoms with Gasteiger partial charge in [0.15, 0.2) is 0 Å². The van der Waals surface area contributed by atoms with E-state index in [0.717, 1.165) is 25.2 Å². The Balaban J connectivity index is 1.60. The average molecular weight is 383 g/mol. The monoisotopic (exact) mass is 383 g/mol. The molecule has 2 N–H and O–H groups in total. The molecule has 1 aliphatic heterocycles. The summed E-state index contributed by atoms with van der Waals surface area (Å²) >= 11 is 1.68. The van der Waals surface area contributed by atoms with Gasteiger partial charge in [0.25, 0.3) is 0 Å². The molecular weight excluding hydrogens is 361 g/mol. The molecule has 2 heterocycles. The highest BCUT2D eigenvalue weighted by Crippen LogP contribution is 2.29. The number of amides is 1. The van der Waals surface area contributed by atoms with Gasteiger partial charge in [0.2, 0.25) is 5.91 Å². The zero-order chi connectivity index (χ0) is 18.6. The fourth-order valence-corrected chi connectivity index (χ4v) is 4.32. The Morgan fingerprint density at radius 2 is 1.96 bits per heavy atom. The molecule has 7 heteroatoms. The van der Waals surface area contributed by atoms with Crippen LogP contribution in [0.2, 0.25) is 0 Å². The van der Waals surface area contributed by atoms with E-state index in [4.69, 9.17) is 0 Å². The molecule has 1 amide bonds. The molecule has 2 aromatic rings. The van der Waals surface area contributed by atoms with E-state index in [2.05, 4.69) is 11.4 Å². The molecule has 1 saturated heterocycles. The van der Waals surface area contributed by atoms with Gasteiger partial charge in [0.1, 0.15) is 6.04 Å². The normalized spacial score (nSPS) is 16.6. The molecule has 0 saturated carbocycles. The van der Waals surface area contributed by atoms with Gasteiger partial charge in [-0.2, -0.15) is 13.2 Å². The Morgan fingerprint density at radius 3 is 2.62 bits per heavy atom. The Hall–Kier alpha value is -1.86. The van der Waals surface area contributed by atoms with Crippen molar-refractivity contribution in [3.63, 3.8) is 0 Å². The molecule has 1 aromatic heterocycles. The van der Waals surface area contributed by atoms with Crippen molar-refractivity contribution in [2.45, 2.75) is 31.5 Å². The zero-order valence-corrected chi connectivity index (χ0v) is 15.1. The van der Waals surface area contributed by atoms with E-state index in [0.29, 0.717) is 12.1 Å². The number of likely N-dealkylation sites (tertiary alicyclic amines) is 1. The Kier molecular flexibility index (Phi) is 5.98. The number of thiophene rings is 1. The van der Waals surface area contributed by atoms with Gasteiger partial charge in [-0.25, -0.2) is 0 Å². The minimum atomic E-state index is -4.39. The van der Waals surface area contributed by atoms with E-state index in [9.17, 15) is 18.0 Å². The van der Waals surface area contributed by atoms with Crippen LogP contribution in [-0.2, 0) is 17.4 Å². The number of hydrogen-bond acceptors (Lipinski definition) is 2. The highest BCUT2D eigenvalue weighted by Gasteiger charge is 2.31. The summed E-state index contributed by atoms with van der Waals surface area (Å²) in [5.74, 6) is -0.246. The highest BCUT2D eigenvalue weighted by molar-refractivity contribution is 7.10. The Bertz CT molecular complexity index is 725. The third-order valence-electron chi connectivity index (χ3n) is 4.75. The van der Waals surface area contributed by atoms with Crippen molar-refractivity contribution in [2.24, 2.45) is 0 Å². The van der Waals surface area contributed by atoms with Gasteiger partial charge in [0, 0.05) is 12.8 Å². The number of carbonyl (C=O) groups excluding carboxylic acids is 1. The number of nitrogens with one attached hydrogen (secondary N) is 2. The van der Waals surface area contributed by atoms with Crippen LogP contribution in [-0.4, -0.2) is 25.5 Å². The van der Waals surface area contributed by atoms with E-state index in [1.807, 2.05) is 11.4 Å². The molecule has 1 atom stereocenters. The Labute approximate surface area is 154 Å². The van der Waals surface area contributed by atoms with Crippen molar-refractivity contribution in [3.8, 4) is 0 Å². The van der Waals surface area contributed by atoms with E-state index in [1.165, 1.54) is 28.7 Å². The lowest BCUT2D eigenvalue weighted by Gasteiger charge is -2.24. The smallest absolute Gasteiger partial charge is 0.349 e. The fourth-order valence-electron chi connectivity index (χ4n) is 3.43. The Morgan fingerprint density at radius 1 is 1.19 bits per heavy atom. The largest absolute Gasteiger partial charge is 0.416 e. The van der Waals surface area contributed by atoms with Crippen molar-refractivity contribution in [3.05, 3.63) is 57.8 Å². The molecule has 1 aromatic carbocycles. The van der Waals surface area contributed by atoms with E-state index < -0.39 is 11.7 Å². The second-order valence-electron chi connectivity index (χ2n) is 6.61. The van der Waals surface area contributed by atoms with Gasteiger partial charge in [-0.3, -0.25) is 4.79 Å². The van der Waals surface area contributed by atoms with Crippen LogP contribution >= 0.6 is 11.3 Å². The first-order valence-electron chi connectivity index (χ1n) is 8.74. The van der Waals surface area contributed by atoms with Gasteiger partial charge in [-0.05, 0) is 23.1 Å². The topological polar surface area (TPSA) is 33.5 Å². The second kappa shape index (κ2) is 8.22. The molecule has 26 heavy (non-hydrogen) atoms. The molecule has 0 spiro atoms. The number of rotatable bonds is 6. The maximum Gasteiger partial charge on any atom is 0.416 e. The number of benzene rings is 1. The lowest BCUT2D eigenvalue weighted by Crippen LogP contribution is -3.11. The van der Waals surface area contributed by atoms with Crippen LogP contribution < -0.4 is 10.2 Å². The first-order valence-corrected chi connectivity index (χ1v) is 9.62. The summed E-state index contributed by atoms with van der Waals surface area (Å²) in [5, 5.41) is 4.95. The SMILES string of the molecule is O=C(Cc1cccc(C(F)(F)F)c1)NC[C@H](c1cccs1)[NH+]1CCCC1. The van der Waals surface area contributed by atoms with Crippen molar-refractivity contribution in [1.29, 1.82) is 0 Å². The molecule has 1 aliphatic rings. The minimum absolute atomic E-state index is 0.0452. The summed E-state index contributed by atoms with van der Waals surface area (Å²) in [5.41, 5.74) is -0.348. The van der Waals surface area contributed by atoms with Crippen molar-refractivity contribution < 1.29 is 22.9 Å². The lowest BCUT2D eigenvalue weighted by atomic mass is 10.1. The highest BCUT2D eigenvalue weighted by atomic mass is 32.1. The summed E-state index contributed by atoms with van der Waals surface area (Å²) in [6.45, 7) is 2.69. The third kappa shape index (κ3) is 4.86. The van der Waals surface area contributed by atoms with Crippen LogP contribution in [0.5, 0.6) is 0 Å². The first kappa shape index (κ1) is 18.9. The average Bonchev–Trinajstić information content (AvgIpc) is 3.28. The maximum absolute atomic E-state index is 12.8. The molecule has 140 valence electrons. The predicted molar refractivity (Wildman–Crippen MR) is 95.1 cm³/mol. The van der Waals surface area contributed by atoms with Crippen LogP contribution in [0.25, 0.3) is 0 Å². The minimum Gasteiger partial charge on any atom is -0.349 e. The summed E-state index contributed by atoms with van der Waals surface area (Å²) < 4.78 is 38.4. The molecule has 3 nitrogen and oxygen atoms in total. The van der Waals surface area contributed by atoms with E-state index in [-0.39, 0.29) is 18.4 Å². The zero-order valence-electron chi connectivity index (χ0n) is 14.3. The molecule has 0 aliphatic carbocycles. The van der Waals surface area contributed by atoms with Gasteiger partial charge in [-0.1, -0.05) is 24.3 Å². The summed E-state index contributed by atoms with van der Waals surface area (Å²) in [4.78, 5) is 15.0. The van der Waals surface area contributed by atoms with Crippen molar-refractivity contribution >= 4 is 17.2 Å². The van der Waals surface area contributed by atoms with Gasteiger partial charge in [0.05, 0.1) is 36.5 Å². The summed E-state index contributed by atoms with van der Waals surface area (Å²) in [7, 11) is 0. The maximum atomic E-state index is 12.8. The van der Waals surface area contributed by atoms with Crippen LogP contribution in [0.3, 0.4) is 0 Å². The lowest BCUT2D eigenvalue weighted by molar-refractivity contribution is -0.918. The summed E-state index contributed by atoms with van der Waals surface area (Å²) in [6, 6.07) is 9.26. The van der Waals surface area contributed by atoms with Crippen LogP contribution in [0.1, 0.15) is 34.9 Å². The van der Waals surface area contributed by atoms with Gasteiger partial charge in [-0.15, -0.1) is 11.3 Å². The van der Waals surface area contributed by atoms with Crippen molar-refractivity contribution in [1.82, 2.24) is 5.32 Å². The number of alkyl halides is 3. The molecule has 0 radical (unpaired) electrons. The fraction of sp³-hybridized carbons (Fsp3) is 0.421. The quantitative estimate of drug-likeness (QED) is 0.790. The van der Waals surface area contributed by atoms with Gasteiger partial charge >= 0.3 is 6.18 Å². The molecular formula is C19H22F3N2OS+. The molecule has 3 rings (SSSR count). The molecule has 0 bridgehead atoms. The van der Waals surface area contributed by atoms with Crippen LogP contribution in [0.4, 0.5) is 13.2 Å². The van der Waals surface area contributed by atoms with E-state index in [1.54, 1.807) is 17.4 Å². The molecule has 0 unspecified atom stereocenters. The van der Waals surface area contributed by atoms with Gasteiger partial charge < -0.3 is 10.2 Å². The summed E-state index contributed by atoms with van der Waals surface area (Å²) in [6.07, 6.45) is -2.06. The van der Waals surface area contributed by atoms with Crippen LogP contribution in [0.15, 0.2) is 41.8 Å². The molecule has 1 fully saturated rings. The predicted octanol–water partition coefficient (Wildman–Crippen LogP) is 2.85. The van der Waals surface area contributed by atoms with Crippen molar-refractivity contribution in [2.75, 3.05) is 19.6 Å². The first-order chi connectivity index (χ1) is 12.4. The third-order valence-corrected chi connectivity index (χ3v) is 5.73. The van der Waals surface area contributed by atoms with E-state index >= 15 is 0 Å². The number of quaternary nitrogens is 1.